The molecular weight excluding hydrogens is 236 g/mol. The van der Waals surface area contributed by atoms with E-state index >= 15 is 0 Å². The molecule has 1 aliphatic carbocycles. The molecule has 0 aromatic carbocycles. The van der Waals surface area contributed by atoms with Crippen molar-refractivity contribution in [3.8, 4) is 0 Å². The number of amides is 1. The van der Waals surface area contributed by atoms with Crippen LogP contribution in [0.5, 0.6) is 0 Å². The molecule has 110 valence electrons. The number of nitrogens with zero attached hydrogens (tertiary/aromatic N) is 1. The van der Waals surface area contributed by atoms with E-state index in [2.05, 4.69) is 26.1 Å². The largest absolute Gasteiger partial charge is 0.341 e. The van der Waals surface area contributed by atoms with Crippen LogP contribution in [0.15, 0.2) is 0 Å². The fourth-order valence-electron chi connectivity index (χ4n) is 3.64. The summed E-state index contributed by atoms with van der Waals surface area (Å²) in [7, 11) is 0. The summed E-state index contributed by atoms with van der Waals surface area (Å²) in [6.07, 6.45) is 7.15. The lowest BCUT2D eigenvalue weighted by molar-refractivity contribution is -0.128. The molecule has 1 amide bonds. The van der Waals surface area contributed by atoms with E-state index < -0.39 is 0 Å². The molecule has 2 fully saturated rings. The third-order valence-corrected chi connectivity index (χ3v) is 4.90. The van der Waals surface area contributed by atoms with Gasteiger partial charge in [-0.15, -0.1) is 0 Å². The number of hydrogen-bond acceptors (Lipinski definition) is 2. The Morgan fingerprint density at radius 3 is 2.42 bits per heavy atom. The van der Waals surface area contributed by atoms with Crippen molar-refractivity contribution < 1.29 is 4.79 Å². The molecule has 2 aliphatic rings. The first-order chi connectivity index (χ1) is 9.06. The number of carbonyl (C=O) groups is 1. The van der Waals surface area contributed by atoms with Crippen molar-refractivity contribution in [2.45, 2.75) is 71.4 Å². The maximum Gasteiger partial charge on any atom is 0.222 e. The molecule has 1 atom stereocenters. The van der Waals surface area contributed by atoms with Gasteiger partial charge in [0.25, 0.3) is 0 Å². The topological polar surface area (TPSA) is 32.3 Å². The van der Waals surface area contributed by atoms with Gasteiger partial charge in [0.2, 0.25) is 5.91 Å². The highest BCUT2D eigenvalue weighted by Gasteiger charge is 2.26. The molecule has 1 aliphatic heterocycles. The molecule has 0 spiro atoms. The Kier molecular flexibility index (Phi) is 5.26. The predicted octanol–water partition coefficient (Wildman–Crippen LogP) is 2.80. The van der Waals surface area contributed by atoms with Crippen LogP contribution in [0.1, 0.15) is 59.3 Å². The molecular formula is C16H30N2O. The minimum Gasteiger partial charge on any atom is -0.341 e. The van der Waals surface area contributed by atoms with Gasteiger partial charge < -0.3 is 10.2 Å². The maximum absolute atomic E-state index is 11.6. The summed E-state index contributed by atoms with van der Waals surface area (Å²) in [5.41, 5.74) is 0. The van der Waals surface area contributed by atoms with Gasteiger partial charge in [0.1, 0.15) is 0 Å². The van der Waals surface area contributed by atoms with Crippen LogP contribution in [0.25, 0.3) is 0 Å². The van der Waals surface area contributed by atoms with Crippen molar-refractivity contribution in [3.05, 3.63) is 0 Å². The van der Waals surface area contributed by atoms with Crippen molar-refractivity contribution >= 4 is 5.91 Å². The third-order valence-electron chi connectivity index (χ3n) is 4.90. The van der Waals surface area contributed by atoms with E-state index in [4.69, 9.17) is 0 Å². The summed E-state index contributed by atoms with van der Waals surface area (Å²) in [5.74, 6) is 2.10. The molecule has 1 saturated heterocycles. The van der Waals surface area contributed by atoms with E-state index in [1.807, 2.05) is 4.90 Å². The molecule has 2 rings (SSSR count). The Balaban J connectivity index is 1.68. The minimum atomic E-state index is 0.345. The molecule has 3 nitrogen and oxygen atoms in total. The summed E-state index contributed by atoms with van der Waals surface area (Å²) in [5, 5.41) is 3.73. The summed E-state index contributed by atoms with van der Waals surface area (Å²) in [6.45, 7) is 8.77. The maximum atomic E-state index is 11.6. The Morgan fingerprint density at radius 1 is 1.21 bits per heavy atom. The van der Waals surface area contributed by atoms with Crippen LogP contribution >= 0.6 is 0 Å². The van der Waals surface area contributed by atoms with Gasteiger partial charge in [-0.3, -0.25) is 4.79 Å². The van der Waals surface area contributed by atoms with E-state index in [0.29, 0.717) is 18.0 Å². The molecule has 0 radical (unpaired) electrons. The third kappa shape index (κ3) is 4.20. The minimum absolute atomic E-state index is 0.345. The summed E-state index contributed by atoms with van der Waals surface area (Å²) in [4.78, 5) is 13.6. The zero-order valence-electron chi connectivity index (χ0n) is 12.8. The summed E-state index contributed by atoms with van der Waals surface area (Å²) >= 11 is 0. The highest BCUT2D eigenvalue weighted by molar-refractivity contribution is 5.78. The average molecular weight is 266 g/mol. The van der Waals surface area contributed by atoms with Gasteiger partial charge in [0.15, 0.2) is 0 Å². The van der Waals surface area contributed by atoms with Crippen molar-refractivity contribution in [1.29, 1.82) is 0 Å². The molecule has 1 N–H and O–H groups in total. The zero-order valence-corrected chi connectivity index (χ0v) is 12.8. The first-order valence-electron chi connectivity index (χ1n) is 8.10. The number of nitrogens with one attached hydrogen (secondary N) is 1. The normalized spacial score (nSPS) is 30.1. The lowest BCUT2D eigenvalue weighted by Crippen LogP contribution is -2.45. The predicted molar refractivity (Wildman–Crippen MR) is 79.0 cm³/mol. The number of likely N-dealkylation sites (tertiary alicyclic amines) is 1. The SMILES string of the molecule is CC(CN1CCCC1=O)NC1CCC(C(C)C)CC1. The second-order valence-corrected chi connectivity index (χ2v) is 6.87. The van der Waals surface area contributed by atoms with Crippen LogP contribution in [0.2, 0.25) is 0 Å². The first kappa shape index (κ1) is 14.8. The Hall–Kier alpha value is -0.570. The van der Waals surface area contributed by atoms with Gasteiger partial charge >= 0.3 is 0 Å². The van der Waals surface area contributed by atoms with Crippen molar-refractivity contribution in [2.75, 3.05) is 13.1 Å². The Morgan fingerprint density at radius 2 is 1.89 bits per heavy atom. The van der Waals surface area contributed by atoms with E-state index in [0.717, 1.165) is 37.8 Å². The summed E-state index contributed by atoms with van der Waals surface area (Å²) in [6, 6.07) is 1.10. The molecule has 1 heterocycles. The van der Waals surface area contributed by atoms with Gasteiger partial charge in [-0.2, -0.15) is 0 Å². The van der Waals surface area contributed by atoms with Crippen molar-refractivity contribution in [1.82, 2.24) is 10.2 Å². The number of hydrogen-bond donors (Lipinski definition) is 1. The molecule has 0 aromatic rings. The Labute approximate surface area is 118 Å². The first-order valence-corrected chi connectivity index (χ1v) is 8.10. The van der Waals surface area contributed by atoms with Gasteiger partial charge in [0.05, 0.1) is 0 Å². The highest BCUT2D eigenvalue weighted by Crippen LogP contribution is 2.30. The van der Waals surface area contributed by atoms with Gasteiger partial charge in [-0.1, -0.05) is 13.8 Å². The lowest BCUT2D eigenvalue weighted by Gasteiger charge is -2.34. The quantitative estimate of drug-likeness (QED) is 0.830. The molecule has 19 heavy (non-hydrogen) atoms. The fraction of sp³-hybridized carbons (Fsp3) is 0.938. The van der Waals surface area contributed by atoms with E-state index in [1.165, 1.54) is 25.7 Å². The Bertz CT molecular complexity index is 295. The van der Waals surface area contributed by atoms with Crippen molar-refractivity contribution in [3.63, 3.8) is 0 Å². The lowest BCUT2D eigenvalue weighted by atomic mass is 9.79. The molecule has 3 heteroatoms. The fourth-order valence-corrected chi connectivity index (χ4v) is 3.64. The second-order valence-electron chi connectivity index (χ2n) is 6.87. The molecule has 0 aromatic heterocycles. The van der Waals surface area contributed by atoms with Gasteiger partial charge in [0, 0.05) is 31.6 Å². The molecule has 1 unspecified atom stereocenters. The zero-order chi connectivity index (χ0) is 13.8. The standard InChI is InChI=1S/C16H30N2O/c1-12(2)14-6-8-15(9-7-14)17-13(3)11-18-10-4-5-16(18)19/h12-15,17H,4-11H2,1-3H3. The average Bonchev–Trinajstić information content (AvgIpc) is 2.75. The van der Waals surface area contributed by atoms with Gasteiger partial charge in [-0.05, 0) is 50.9 Å². The van der Waals surface area contributed by atoms with Gasteiger partial charge in [-0.25, -0.2) is 0 Å². The van der Waals surface area contributed by atoms with Crippen molar-refractivity contribution in [2.24, 2.45) is 11.8 Å². The monoisotopic (exact) mass is 266 g/mol. The van der Waals surface area contributed by atoms with Crippen LogP contribution < -0.4 is 5.32 Å². The van der Waals surface area contributed by atoms with Crippen LogP contribution in [0.4, 0.5) is 0 Å². The highest BCUT2D eigenvalue weighted by atomic mass is 16.2. The van der Waals surface area contributed by atoms with E-state index in [-0.39, 0.29) is 0 Å². The second kappa shape index (κ2) is 6.74. The number of carbonyl (C=O) groups excluding carboxylic acids is 1. The molecule has 1 saturated carbocycles. The van der Waals surface area contributed by atoms with Crippen LogP contribution in [-0.2, 0) is 4.79 Å². The summed E-state index contributed by atoms with van der Waals surface area (Å²) < 4.78 is 0. The van der Waals surface area contributed by atoms with E-state index in [9.17, 15) is 4.79 Å². The van der Waals surface area contributed by atoms with Crippen LogP contribution in [0.3, 0.4) is 0 Å². The van der Waals surface area contributed by atoms with Crippen LogP contribution in [-0.4, -0.2) is 36.0 Å². The molecule has 0 bridgehead atoms. The smallest absolute Gasteiger partial charge is 0.222 e. The van der Waals surface area contributed by atoms with E-state index in [1.54, 1.807) is 0 Å². The number of rotatable bonds is 5. The van der Waals surface area contributed by atoms with Crippen LogP contribution in [0, 0.1) is 11.8 Å².